The summed E-state index contributed by atoms with van der Waals surface area (Å²) in [6.07, 6.45) is 3.73. The van der Waals surface area contributed by atoms with Gasteiger partial charge in [-0.05, 0) is 62.1 Å². The molecular weight excluding hydrogens is 348 g/mol. The number of Topliss-reactive ketones (excluding diaryl/α,β-unsaturated/α-hetero) is 1. The van der Waals surface area contributed by atoms with E-state index in [1.54, 1.807) is 25.3 Å². The van der Waals surface area contributed by atoms with E-state index in [0.29, 0.717) is 30.9 Å². The van der Waals surface area contributed by atoms with Crippen LogP contribution < -0.4 is 4.74 Å². The van der Waals surface area contributed by atoms with Crippen LogP contribution in [0.4, 0.5) is 0 Å². The van der Waals surface area contributed by atoms with Gasteiger partial charge in [-0.25, -0.2) is 0 Å². The molecule has 0 aliphatic heterocycles. The van der Waals surface area contributed by atoms with Crippen molar-refractivity contribution in [1.29, 1.82) is 0 Å². The monoisotopic (exact) mass is 380 g/mol. The zero-order valence-corrected chi connectivity index (χ0v) is 16.3. The Bertz CT molecular complexity index is 602. The van der Waals surface area contributed by atoms with Crippen molar-refractivity contribution in [2.45, 2.75) is 69.7 Å². The number of hydrogen-bond acceptors (Lipinski definition) is 6. The zero-order valence-electron chi connectivity index (χ0n) is 16.3. The predicted molar refractivity (Wildman–Crippen MR) is 102 cm³/mol. The molecule has 0 heterocycles. The fourth-order valence-electron chi connectivity index (χ4n) is 3.75. The number of aryl methyl sites for hydroxylation is 1. The molecule has 1 fully saturated rings. The number of ether oxygens (including phenoxy) is 2. The second kappa shape index (κ2) is 10.6. The lowest BCUT2D eigenvalue weighted by molar-refractivity contribution is -0.121. The summed E-state index contributed by atoms with van der Waals surface area (Å²) < 4.78 is 10.4. The number of aliphatic hydroxyl groups is 2. The molecule has 1 aliphatic carbocycles. The van der Waals surface area contributed by atoms with E-state index in [1.807, 2.05) is 0 Å². The third-order valence-corrected chi connectivity index (χ3v) is 5.47. The van der Waals surface area contributed by atoms with E-state index in [4.69, 9.17) is 9.47 Å². The summed E-state index contributed by atoms with van der Waals surface area (Å²) >= 11 is 0. The van der Waals surface area contributed by atoms with Gasteiger partial charge in [-0.2, -0.15) is 0 Å². The Kier molecular flexibility index (Phi) is 8.54. The molecule has 4 atom stereocenters. The first-order valence-corrected chi connectivity index (χ1v) is 9.69. The van der Waals surface area contributed by atoms with Gasteiger partial charge in [0.15, 0.2) is 11.5 Å². The number of phenols is 1. The van der Waals surface area contributed by atoms with Gasteiger partial charge in [0.25, 0.3) is 0 Å². The molecule has 6 heteroatoms. The van der Waals surface area contributed by atoms with Crippen LogP contribution in [-0.4, -0.2) is 53.6 Å². The molecule has 1 saturated carbocycles. The molecule has 0 radical (unpaired) electrons. The van der Waals surface area contributed by atoms with Crippen LogP contribution in [0.2, 0.25) is 0 Å². The van der Waals surface area contributed by atoms with Gasteiger partial charge in [-0.15, -0.1) is 0 Å². The lowest BCUT2D eigenvalue weighted by atomic mass is 9.82. The molecule has 3 N–H and O–H groups in total. The number of methoxy groups -OCH3 is 2. The van der Waals surface area contributed by atoms with Gasteiger partial charge >= 0.3 is 0 Å². The Balaban J connectivity index is 1.69. The van der Waals surface area contributed by atoms with Crippen LogP contribution in [0.1, 0.15) is 50.5 Å². The van der Waals surface area contributed by atoms with Gasteiger partial charge in [0.05, 0.1) is 25.4 Å². The van der Waals surface area contributed by atoms with Crippen molar-refractivity contribution in [2.75, 3.05) is 14.2 Å². The predicted octanol–water partition coefficient (Wildman–Crippen LogP) is 2.61. The Morgan fingerprint density at radius 2 is 2.07 bits per heavy atom. The van der Waals surface area contributed by atoms with Crippen LogP contribution in [0.3, 0.4) is 0 Å². The van der Waals surface area contributed by atoms with Crippen LogP contribution >= 0.6 is 0 Å². The highest BCUT2D eigenvalue weighted by Gasteiger charge is 2.29. The molecular formula is C21H32O6. The van der Waals surface area contributed by atoms with Crippen LogP contribution in [0, 0.1) is 5.92 Å². The summed E-state index contributed by atoms with van der Waals surface area (Å²) in [5.41, 5.74) is 0.947. The number of carbonyl (C=O) groups is 1. The number of ketones is 1. The van der Waals surface area contributed by atoms with Gasteiger partial charge < -0.3 is 24.8 Å². The Hall–Kier alpha value is -1.63. The number of phenolic OH excluding ortho intramolecular Hbond substituents is 1. The second-order valence-electron chi connectivity index (χ2n) is 7.50. The highest BCUT2D eigenvalue weighted by molar-refractivity contribution is 5.78. The molecule has 0 spiro atoms. The van der Waals surface area contributed by atoms with E-state index in [9.17, 15) is 20.1 Å². The standard InChI is InChI=1S/C21H32O6/c1-26-20-11-14(5-9-18(20)24)3-7-16(22)13-17(23)8-4-15-6-10-19(25)21(12-15)27-2/h5,9,11,15-16,19,21-22,24-25H,3-4,6-8,10,12-13H2,1-2H3/t15-,16-,19-,21+/m1/s1. The van der Waals surface area contributed by atoms with E-state index in [1.165, 1.54) is 7.11 Å². The van der Waals surface area contributed by atoms with Crippen LogP contribution in [0.25, 0.3) is 0 Å². The van der Waals surface area contributed by atoms with E-state index in [-0.39, 0.29) is 24.1 Å². The maximum atomic E-state index is 12.2. The summed E-state index contributed by atoms with van der Waals surface area (Å²) in [4.78, 5) is 12.2. The SMILES string of the molecule is COc1cc(CC[C@@H](O)CC(=O)CC[C@@H]2CC[C@@H](O)[C@@H](OC)C2)ccc1O. The van der Waals surface area contributed by atoms with Crippen LogP contribution in [-0.2, 0) is 16.0 Å². The number of aromatic hydroxyl groups is 1. The lowest BCUT2D eigenvalue weighted by Crippen LogP contribution is -2.35. The number of benzene rings is 1. The van der Waals surface area contributed by atoms with Crippen LogP contribution in [0.15, 0.2) is 18.2 Å². The summed E-state index contributed by atoms with van der Waals surface area (Å²) in [6, 6.07) is 5.10. The lowest BCUT2D eigenvalue weighted by Gasteiger charge is -2.32. The molecule has 0 unspecified atom stereocenters. The molecule has 1 aromatic carbocycles. The number of aliphatic hydroxyl groups excluding tert-OH is 2. The third kappa shape index (κ3) is 6.79. The summed E-state index contributed by atoms with van der Waals surface area (Å²) in [5.74, 6) is 0.961. The molecule has 152 valence electrons. The second-order valence-corrected chi connectivity index (χ2v) is 7.50. The largest absolute Gasteiger partial charge is 0.504 e. The van der Waals surface area contributed by atoms with Crippen molar-refractivity contribution in [1.82, 2.24) is 0 Å². The van der Waals surface area contributed by atoms with Crippen molar-refractivity contribution in [3.63, 3.8) is 0 Å². The fraction of sp³-hybridized carbons (Fsp3) is 0.667. The van der Waals surface area contributed by atoms with E-state index in [0.717, 1.165) is 31.2 Å². The number of carbonyl (C=O) groups excluding carboxylic acids is 1. The van der Waals surface area contributed by atoms with E-state index < -0.39 is 12.2 Å². The summed E-state index contributed by atoms with van der Waals surface area (Å²) in [5, 5.41) is 29.6. The molecule has 27 heavy (non-hydrogen) atoms. The highest BCUT2D eigenvalue weighted by Crippen LogP contribution is 2.30. The minimum absolute atomic E-state index is 0.0749. The molecule has 0 amide bonds. The van der Waals surface area contributed by atoms with Crippen molar-refractivity contribution < 1.29 is 29.6 Å². The molecule has 6 nitrogen and oxygen atoms in total. The first kappa shape index (κ1) is 21.7. The maximum absolute atomic E-state index is 12.2. The van der Waals surface area contributed by atoms with E-state index >= 15 is 0 Å². The number of rotatable bonds is 10. The van der Waals surface area contributed by atoms with Crippen molar-refractivity contribution in [3.05, 3.63) is 23.8 Å². The van der Waals surface area contributed by atoms with Crippen molar-refractivity contribution in [2.24, 2.45) is 5.92 Å². The zero-order chi connectivity index (χ0) is 19.8. The number of hydrogen-bond donors (Lipinski definition) is 3. The van der Waals surface area contributed by atoms with E-state index in [2.05, 4.69) is 0 Å². The third-order valence-electron chi connectivity index (χ3n) is 5.47. The fourth-order valence-corrected chi connectivity index (χ4v) is 3.75. The Morgan fingerprint density at radius 3 is 2.78 bits per heavy atom. The van der Waals surface area contributed by atoms with Crippen LogP contribution in [0.5, 0.6) is 11.5 Å². The summed E-state index contributed by atoms with van der Waals surface area (Å²) in [7, 11) is 3.11. The molecule has 1 aliphatic rings. The molecule has 0 saturated heterocycles. The van der Waals surface area contributed by atoms with Gasteiger partial charge in [0.1, 0.15) is 5.78 Å². The first-order valence-electron chi connectivity index (χ1n) is 9.69. The smallest absolute Gasteiger partial charge is 0.160 e. The van der Waals surface area contributed by atoms with Gasteiger partial charge in [0.2, 0.25) is 0 Å². The van der Waals surface area contributed by atoms with Gasteiger partial charge in [-0.1, -0.05) is 6.07 Å². The maximum Gasteiger partial charge on any atom is 0.160 e. The highest BCUT2D eigenvalue weighted by atomic mass is 16.5. The molecule has 0 bridgehead atoms. The van der Waals surface area contributed by atoms with Crippen molar-refractivity contribution >= 4 is 5.78 Å². The molecule has 2 rings (SSSR count). The minimum atomic E-state index is -0.669. The topological polar surface area (TPSA) is 96.2 Å². The normalized spacial score (nSPS) is 23.8. The molecule has 1 aromatic rings. The molecule has 0 aromatic heterocycles. The average Bonchev–Trinajstić information content (AvgIpc) is 2.66. The quantitative estimate of drug-likeness (QED) is 0.577. The Morgan fingerprint density at radius 1 is 1.30 bits per heavy atom. The first-order chi connectivity index (χ1) is 12.9. The van der Waals surface area contributed by atoms with Crippen molar-refractivity contribution in [3.8, 4) is 11.5 Å². The minimum Gasteiger partial charge on any atom is -0.504 e. The van der Waals surface area contributed by atoms with Gasteiger partial charge in [0, 0.05) is 20.0 Å². The van der Waals surface area contributed by atoms with Gasteiger partial charge in [-0.3, -0.25) is 4.79 Å². The summed E-state index contributed by atoms with van der Waals surface area (Å²) in [6.45, 7) is 0. The average molecular weight is 380 g/mol. The Labute approximate surface area is 161 Å².